The third-order valence-electron chi connectivity index (χ3n) is 3.72. The number of halogens is 1. The van der Waals surface area contributed by atoms with Crippen LogP contribution in [0, 0.1) is 11.7 Å². The Labute approximate surface area is 133 Å². The molecule has 1 unspecified atom stereocenters. The SMILES string of the molecule is COC(=O)CCCNC(=O)C1CC(=O)N(c2ccccc2F)C1. The first-order valence-electron chi connectivity index (χ1n) is 7.42. The Morgan fingerprint density at radius 3 is 2.83 bits per heavy atom. The number of anilines is 1. The second-order valence-corrected chi connectivity index (χ2v) is 5.33. The van der Waals surface area contributed by atoms with Crippen LogP contribution in [0.2, 0.25) is 0 Å². The van der Waals surface area contributed by atoms with E-state index in [2.05, 4.69) is 10.1 Å². The van der Waals surface area contributed by atoms with Crippen LogP contribution in [0.25, 0.3) is 0 Å². The molecule has 23 heavy (non-hydrogen) atoms. The zero-order valence-corrected chi connectivity index (χ0v) is 12.9. The highest BCUT2D eigenvalue weighted by Gasteiger charge is 2.35. The number of para-hydroxylation sites is 1. The lowest BCUT2D eigenvalue weighted by atomic mass is 10.1. The number of ether oxygens (including phenoxy) is 1. The van der Waals surface area contributed by atoms with Crippen LogP contribution in [0.15, 0.2) is 24.3 Å². The predicted octanol–water partition coefficient (Wildman–Crippen LogP) is 1.25. The lowest BCUT2D eigenvalue weighted by molar-refractivity contribution is -0.140. The fourth-order valence-electron chi connectivity index (χ4n) is 2.48. The van der Waals surface area contributed by atoms with Crippen molar-refractivity contribution in [2.75, 3.05) is 25.1 Å². The van der Waals surface area contributed by atoms with E-state index in [1.54, 1.807) is 12.1 Å². The second kappa shape index (κ2) is 7.71. The first kappa shape index (κ1) is 16.9. The fraction of sp³-hybridized carbons (Fsp3) is 0.438. The van der Waals surface area contributed by atoms with E-state index in [0.717, 1.165) is 0 Å². The van der Waals surface area contributed by atoms with Gasteiger partial charge < -0.3 is 15.0 Å². The number of carbonyl (C=O) groups excluding carboxylic acids is 3. The summed E-state index contributed by atoms with van der Waals surface area (Å²) in [7, 11) is 1.31. The highest BCUT2D eigenvalue weighted by atomic mass is 19.1. The minimum Gasteiger partial charge on any atom is -0.469 e. The largest absolute Gasteiger partial charge is 0.469 e. The van der Waals surface area contributed by atoms with Gasteiger partial charge in [0.15, 0.2) is 0 Å². The number of nitrogens with one attached hydrogen (secondary N) is 1. The lowest BCUT2D eigenvalue weighted by Gasteiger charge is -2.17. The molecule has 1 aliphatic heterocycles. The molecule has 1 aliphatic rings. The van der Waals surface area contributed by atoms with E-state index in [9.17, 15) is 18.8 Å². The van der Waals surface area contributed by atoms with Crippen molar-refractivity contribution in [3.05, 3.63) is 30.1 Å². The molecule has 1 atom stereocenters. The molecule has 2 rings (SSSR count). The Kier molecular flexibility index (Phi) is 5.67. The summed E-state index contributed by atoms with van der Waals surface area (Å²) in [6, 6.07) is 5.99. The zero-order valence-electron chi connectivity index (χ0n) is 12.9. The quantitative estimate of drug-likeness (QED) is 0.632. The molecular formula is C16H19FN2O4. The van der Waals surface area contributed by atoms with E-state index in [1.165, 1.54) is 24.1 Å². The molecule has 0 saturated carbocycles. The van der Waals surface area contributed by atoms with Crippen molar-refractivity contribution in [3.8, 4) is 0 Å². The van der Waals surface area contributed by atoms with Crippen molar-refractivity contribution >= 4 is 23.5 Å². The van der Waals surface area contributed by atoms with Gasteiger partial charge in [-0.3, -0.25) is 14.4 Å². The lowest BCUT2D eigenvalue weighted by Crippen LogP contribution is -2.33. The van der Waals surface area contributed by atoms with E-state index in [4.69, 9.17) is 0 Å². The van der Waals surface area contributed by atoms with E-state index in [0.29, 0.717) is 13.0 Å². The number of methoxy groups -OCH3 is 1. The molecule has 0 aromatic heterocycles. The maximum atomic E-state index is 13.8. The molecule has 2 amide bonds. The fourth-order valence-corrected chi connectivity index (χ4v) is 2.48. The van der Waals surface area contributed by atoms with Gasteiger partial charge in [0.05, 0.1) is 18.7 Å². The van der Waals surface area contributed by atoms with Crippen molar-refractivity contribution in [1.29, 1.82) is 0 Å². The molecule has 0 bridgehead atoms. The highest BCUT2D eigenvalue weighted by molar-refractivity contribution is 6.00. The van der Waals surface area contributed by atoms with Crippen molar-refractivity contribution in [2.45, 2.75) is 19.3 Å². The van der Waals surface area contributed by atoms with Crippen molar-refractivity contribution in [3.63, 3.8) is 0 Å². The van der Waals surface area contributed by atoms with Crippen LogP contribution >= 0.6 is 0 Å². The molecule has 6 nitrogen and oxygen atoms in total. The molecule has 0 aliphatic carbocycles. The van der Waals surface area contributed by atoms with Gasteiger partial charge in [-0.05, 0) is 18.6 Å². The minimum atomic E-state index is -0.514. The Hall–Kier alpha value is -2.44. The van der Waals surface area contributed by atoms with Gasteiger partial charge in [0, 0.05) is 25.9 Å². The van der Waals surface area contributed by atoms with Gasteiger partial charge in [-0.1, -0.05) is 12.1 Å². The number of hydrogen-bond acceptors (Lipinski definition) is 4. The van der Waals surface area contributed by atoms with Crippen LogP contribution in [0.4, 0.5) is 10.1 Å². The zero-order chi connectivity index (χ0) is 16.8. The van der Waals surface area contributed by atoms with Crippen LogP contribution in [-0.4, -0.2) is 38.0 Å². The van der Waals surface area contributed by atoms with E-state index in [1.807, 2.05) is 0 Å². The molecule has 0 spiro atoms. The molecule has 0 radical (unpaired) electrons. The van der Waals surface area contributed by atoms with Gasteiger partial charge in [0.25, 0.3) is 0 Å². The monoisotopic (exact) mass is 322 g/mol. The molecule has 7 heteroatoms. The van der Waals surface area contributed by atoms with E-state index in [-0.39, 0.29) is 42.9 Å². The summed E-state index contributed by atoms with van der Waals surface area (Å²) in [6.07, 6.45) is 0.745. The summed E-state index contributed by atoms with van der Waals surface area (Å²) < 4.78 is 18.3. The van der Waals surface area contributed by atoms with Crippen molar-refractivity contribution < 1.29 is 23.5 Å². The maximum absolute atomic E-state index is 13.8. The van der Waals surface area contributed by atoms with Gasteiger partial charge in [-0.15, -0.1) is 0 Å². The van der Waals surface area contributed by atoms with Crippen LogP contribution in [0.5, 0.6) is 0 Å². The van der Waals surface area contributed by atoms with Gasteiger partial charge in [-0.25, -0.2) is 4.39 Å². The number of hydrogen-bond donors (Lipinski definition) is 1. The molecule has 1 aromatic rings. The smallest absolute Gasteiger partial charge is 0.305 e. The average molecular weight is 322 g/mol. The summed E-state index contributed by atoms with van der Waals surface area (Å²) in [5.41, 5.74) is 0.193. The summed E-state index contributed by atoms with van der Waals surface area (Å²) in [6.45, 7) is 0.487. The van der Waals surface area contributed by atoms with Crippen molar-refractivity contribution in [2.24, 2.45) is 5.92 Å². The Morgan fingerprint density at radius 1 is 1.39 bits per heavy atom. The topological polar surface area (TPSA) is 75.7 Å². The van der Waals surface area contributed by atoms with Gasteiger partial charge in [0.2, 0.25) is 11.8 Å². The second-order valence-electron chi connectivity index (χ2n) is 5.33. The molecular weight excluding hydrogens is 303 g/mol. The molecule has 1 heterocycles. The number of esters is 1. The molecule has 1 aromatic carbocycles. The van der Waals surface area contributed by atoms with Crippen LogP contribution < -0.4 is 10.2 Å². The maximum Gasteiger partial charge on any atom is 0.305 e. The Bertz CT molecular complexity index is 605. The summed E-state index contributed by atoms with van der Waals surface area (Å²) in [5, 5.41) is 2.69. The summed E-state index contributed by atoms with van der Waals surface area (Å²) >= 11 is 0. The van der Waals surface area contributed by atoms with Crippen LogP contribution in [0.1, 0.15) is 19.3 Å². The highest BCUT2D eigenvalue weighted by Crippen LogP contribution is 2.27. The van der Waals surface area contributed by atoms with Crippen molar-refractivity contribution in [1.82, 2.24) is 5.32 Å². The van der Waals surface area contributed by atoms with Gasteiger partial charge in [0.1, 0.15) is 5.82 Å². The standard InChI is InChI=1S/C16H19FN2O4/c1-23-15(21)7-4-8-18-16(22)11-9-14(20)19(10-11)13-6-3-2-5-12(13)17/h2-3,5-6,11H,4,7-10H2,1H3,(H,18,22). The number of carbonyl (C=O) groups is 3. The van der Waals surface area contributed by atoms with Crippen LogP contribution in [-0.2, 0) is 19.1 Å². The van der Waals surface area contributed by atoms with E-state index < -0.39 is 11.7 Å². The van der Waals surface area contributed by atoms with E-state index >= 15 is 0 Å². The Morgan fingerprint density at radius 2 is 2.13 bits per heavy atom. The molecule has 1 saturated heterocycles. The summed E-state index contributed by atoms with van der Waals surface area (Å²) in [4.78, 5) is 36.4. The normalized spacial score (nSPS) is 17.2. The first-order valence-corrected chi connectivity index (χ1v) is 7.42. The number of nitrogens with zero attached hydrogens (tertiary/aromatic N) is 1. The number of rotatable bonds is 6. The Balaban J connectivity index is 1.86. The minimum absolute atomic E-state index is 0.0527. The van der Waals surface area contributed by atoms with Crippen LogP contribution in [0.3, 0.4) is 0 Å². The van der Waals surface area contributed by atoms with Gasteiger partial charge >= 0.3 is 5.97 Å². The molecule has 1 fully saturated rings. The first-order chi connectivity index (χ1) is 11.0. The number of amides is 2. The van der Waals surface area contributed by atoms with Gasteiger partial charge in [-0.2, -0.15) is 0 Å². The summed E-state index contributed by atoms with van der Waals surface area (Å²) in [5.74, 6) is -1.87. The third-order valence-corrected chi connectivity index (χ3v) is 3.72. The predicted molar refractivity (Wildman–Crippen MR) is 81.1 cm³/mol. The third kappa shape index (κ3) is 4.28. The average Bonchev–Trinajstić information content (AvgIpc) is 2.93. The molecule has 1 N–H and O–H groups in total. The number of benzene rings is 1. The molecule has 124 valence electrons.